The molecule has 0 fully saturated rings. The van der Waals surface area contributed by atoms with Gasteiger partial charge in [-0.2, -0.15) is 4.72 Å². The molecule has 0 saturated heterocycles. The summed E-state index contributed by atoms with van der Waals surface area (Å²) in [6, 6.07) is 5.69. The first-order valence-corrected chi connectivity index (χ1v) is 9.93. The molecule has 1 heterocycles. The molecular weight excluding hydrogens is 360 g/mol. The molecule has 7 nitrogen and oxygen atoms in total. The molecule has 0 aliphatic carbocycles. The number of carbonyl (C=O) groups is 1. The molecule has 0 radical (unpaired) electrons. The van der Waals surface area contributed by atoms with E-state index < -0.39 is 15.9 Å². The topological polar surface area (TPSA) is 101 Å². The van der Waals surface area contributed by atoms with Crippen LogP contribution in [-0.2, 0) is 16.4 Å². The maximum absolute atomic E-state index is 12.3. The van der Waals surface area contributed by atoms with Gasteiger partial charge in [-0.25, -0.2) is 8.42 Å². The number of carbonyl (C=O) groups excluding carboxylic acids is 1. The van der Waals surface area contributed by atoms with E-state index in [1.165, 1.54) is 35.6 Å². The second-order valence-corrected chi connectivity index (χ2v) is 7.94. The van der Waals surface area contributed by atoms with Gasteiger partial charge in [-0.1, -0.05) is 36.7 Å². The van der Waals surface area contributed by atoms with Crippen LogP contribution in [0.2, 0.25) is 0 Å². The van der Waals surface area contributed by atoms with Crippen LogP contribution in [0, 0.1) is 12.3 Å². The van der Waals surface area contributed by atoms with Crippen molar-refractivity contribution < 1.29 is 13.2 Å². The van der Waals surface area contributed by atoms with Gasteiger partial charge in [0.1, 0.15) is 5.01 Å². The zero-order chi connectivity index (χ0) is 18.3. The van der Waals surface area contributed by atoms with Crippen LogP contribution in [0.1, 0.15) is 35.1 Å². The molecule has 1 aromatic carbocycles. The van der Waals surface area contributed by atoms with Crippen molar-refractivity contribution in [2.75, 3.05) is 11.9 Å². The highest BCUT2D eigenvalue weighted by molar-refractivity contribution is 7.89. The zero-order valence-corrected chi connectivity index (χ0v) is 15.3. The fourth-order valence-corrected chi connectivity index (χ4v) is 3.68. The van der Waals surface area contributed by atoms with Crippen LogP contribution >= 0.6 is 11.3 Å². The second kappa shape index (κ2) is 8.71. The molecular formula is C16H18N4O3S2. The van der Waals surface area contributed by atoms with Crippen molar-refractivity contribution in [2.24, 2.45) is 0 Å². The third kappa shape index (κ3) is 5.35. The monoisotopic (exact) mass is 378 g/mol. The van der Waals surface area contributed by atoms with Crippen LogP contribution in [0.25, 0.3) is 0 Å². The molecule has 2 rings (SSSR count). The predicted molar refractivity (Wildman–Crippen MR) is 96.9 cm³/mol. The molecule has 0 aliphatic heterocycles. The number of sulfonamides is 1. The maximum atomic E-state index is 12.3. The summed E-state index contributed by atoms with van der Waals surface area (Å²) in [4.78, 5) is 12.3. The molecule has 1 aromatic heterocycles. The van der Waals surface area contributed by atoms with Crippen LogP contribution in [0.15, 0.2) is 29.2 Å². The van der Waals surface area contributed by atoms with Crippen molar-refractivity contribution in [3.05, 3.63) is 34.8 Å². The van der Waals surface area contributed by atoms with Crippen LogP contribution < -0.4 is 10.0 Å². The van der Waals surface area contributed by atoms with E-state index in [4.69, 9.17) is 6.42 Å². The lowest BCUT2D eigenvalue weighted by molar-refractivity contribution is 0.102. The molecule has 0 saturated carbocycles. The first-order valence-electron chi connectivity index (χ1n) is 7.63. The minimum atomic E-state index is -3.76. The number of nitrogens with zero attached hydrogens (tertiary/aromatic N) is 2. The Hall–Kier alpha value is -2.28. The summed E-state index contributed by atoms with van der Waals surface area (Å²) in [6.45, 7) is 1.97. The van der Waals surface area contributed by atoms with Crippen molar-refractivity contribution >= 4 is 32.4 Å². The number of aromatic nitrogens is 2. The summed E-state index contributed by atoms with van der Waals surface area (Å²) in [5.41, 5.74) is 0.203. The highest BCUT2D eigenvalue weighted by atomic mass is 32.2. The van der Waals surface area contributed by atoms with Crippen molar-refractivity contribution in [2.45, 2.75) is 31.1 Å². The smallest absolute Gasteiger partial charge is 0.257 e. The van der Waals surface area contributed by atoms with Gasteiger partial charge in [0.15, 0.2) is 0 Å². The summed E-state index contributed by atoms with van der Waals surface area (Å²) in [7, 11) is -3.76. The first kappa shape index (κ1) is 19.1. The third-order valence-electron chi connectivity index (χ3n) is 3.20. The Morgan fingerprint density at radius 1 is 1.36 bits per heavy atom. The number of amides is 1. The number of aryl methyl sites for hydroxylation is 1. The van der Waals surface area contributed by atoms with Crippen molar-refractivity contribution in [3.63, 3.8) is 0 Å². The average Bonchev–Trinajstić information content (AvgIpc) is 3.05. The zero-order valence-electron chi connectivity index (χ0n) is 13.7. The highest BCUT2D eigenvalue weighted by Gasteiger charge is 2.16. The van der Waals surface area contributed by atoms with E-state index in [-0.39, 0.29) is 17.0 Å². The predicted octanol–water partition coefficient (Wildman–Crippen LogP) is 2.04. The Labute approximate surface area is 150 Å². The van der Waals surface area contributed by atoms with Crippen LogP contribution in [0.5, 0.6) is 0 Å². The fourth-order valence-electron chi connectivity index (χ4n) is 1.93. The molecule has 0 bridgehead atoms. The van der Waals surface area contributed by atoms with Gasteiger partial charge in [-0.05, 0) is 24.6 Å². The number of unbranched alkanes of at least 4 members (excludes halogenated alkanes) is 1. The fraction of sp³-hybridized carbons (Fsp3) is 0.312. The van der Waals surface area contributed by atoms with Gasteiger partial charge >= 0.3 is 0 Å². The standard InChI is InChI=1S/C16H18N4O3S2/c1-3-5-9-14-19-20-16(24-14)18-15(21)12-7-6-8-13(11-12)25(22,23)17-10-4-2/h2,6-8,11,17H,3,5,9-10H2,1H3,(H,18,20,21). The lowest BCUT2D eigenvalue weighted by Gasteiger charge is -2.06. The van der Waals surface area contributed by atoms with Crippen molar-refractivity contribution in [3.8, 4) is 12.3 Å². The number of rotatable bonds is 8. The largest absolute Gasteiger partial charge is 0.296 e. The van der Waals surface area contributed by atoms with E-state index in [9.17, 15) is 13.2 Å². The minimum Gasteiger partial charge on any atom is -0.296 e. The number of hydrogen-bond acceptors (Lipinski definition) is 6. The molecule has 9 heteroatoms. The van der Waals surface area contributed by atoms with E-state index in [0.717, 1.165) is 24.3 Å². The Bertz CT molecular complexity index is 885. The van der Waals surface area contributed by atoms with Crippen LogP contribution in [0.4, 0.5) is 5.13 Å². The van der Waals surface area contributed by atoms with Gasteiger partial charge in [-0.15, -0.1) is 16.6 Å². The van der Waals surface area contributed by atoms with Crippen molar-refractivity contribution in [1.29, 1.82) is 0 Å². The molecule has 0 aliphatic rings. The molecule has 1 amide bonds. The molecule has 0 spiro atoms. The van der Waals surface area contributed by atoms with E-state index in [2.05, 4.69) is 33.1 Å². The Kier molecular flexibility index (Phi) is 6.64. The molecule has 2 aromatic rings. The van der Waals surface area contributed by atoms with Gasteiger partial charge in [-0.3, -0.25) is 10.1 Å². The lowest BCUT2D eigenvalue weighted by Crippen LogP contribution is -2.24. The normalized spacial score (nSPS) is 11.0. The van der Waals surface area contributed by atoms with E-state index in [0.29, 0.717) is 5.13 Å². The van der Waals surface area contributed by atoms with Crippen LogP contribution in [0.3, 0.4) is 0 Å². The first-order chi connectivity index (χ1) is 12.0. The summed E-state index contributed by atoms with van der Waals surface area (Å²) in [5.74, 6) is 1.75. The molecule has 0 unspecified atom stereocenters. The van der Waals surface area contributed by atoms with Crippen molar-refractivity contribution in [1.82, 2.24) is 14.9 Å². The average molecular weight is 378 g/mol. The Balaban J connectivity index is 2.11. The third-order valence-corrected chi connectivity index (χ3v) is 5.50. The van der Waals surface area contributed by atoms with Crippen LogP contribution in [-0.4, -0.2) is 31.1 Å². The SMILES string of the molecule is C#CCNS(=O)(=O)c1cccc(C(=O)Nc2nnc(CCCC)s2)c1. The molecule has 132 valence electrons. The summed E-state index contributed by atoms with van der Waals surface area (Å²) in [6.07, 6.45) is 7.93. The number of hydrogen-bond donors (Lipinski definition) is 2. The maximum Gasteiger partial charge on any atom is 0.257 e. The van der Waals surface area contributed by atoms with Gasteiger partial charge in [0, 0.05) is 12.0 Å². The second-order valence-electron chi connectivity index (χ2n) is 5.12. The quantitative estimate of drug-likeness (QED) is 0.685. The number of anilines is 1. The molecule has 0 atom stereocenters. The highest BCUT2D eigenvalue weighted by Crippen LogP contribution is 2.19. The lowest BCUT2D eigenvalue weighted by atomic mass is 10.2. The number of terminal acetylenes is 1. The summed E-state index contributed by atoms with van der Waals surface area (Å²) in [5, 5.41) is 11.8. The van der Waals surface area contributed by atoms with Gasteiger partial charge in [0.2, 0.25) is 15.2 Å². The Morgan fingerprint density at radius 2 is 2.16 bits per heavy atom. The van der Waals surface area contributed by atoms with E-state index in [1.807, 2.05) is 0 Å². The van der Waals surface area contributed by atoms with Gasteiger partial charge in [0.25, 0.3) is 5.91 Å². The number of benzene rings is 1. The summed E-state index contributed by atoms with van der Waals surface area (Å²) >= 11 is 1.31. The number of nitrogens with one attached hydrogen (secondary N) is 2. The molecule has 2 N–H and O–H groups in total. The Morgan fingerprint density at radius 3 is 2.88 bits per heavy atom. The summed E-state index contributed by atoms with van der Waals surface area (Å²) < 4.78 is 26.4. The van der Waals surface area contributed by atoms with E-state index >= 15 is 0 Å². The minimum absolute atomic E-state index is 0.0312. The van der Waals surface area contributed by atoms with Gasteiger partial charge < -0.3 is 0 Å². The van der Waals surface area contributed by atoms with Gasteiger partial charge in [0.05, 0.1) is 11.4 Å². The molecule has 25 heavy (non-hydrogen) atoms. The van der Waals surface area contributed by atoms with E-state index in [1.54, 1.807) is 0 Å².